The summed E-state index contributed by atoms with van der Waals surface area (Å²) in [7, 11) is 0. The van der Waals surface area contributed by atoms with Crippen LogP contribution in [0.15, 0.2) is 42.7 Å². The molecule has 2 aromatic rings. The van der Waals surface area contributed by atoms with E-state index in [4.69, 9.17) is 17.4 Å². The lowest BCUT2D eigenvalue weighted by molar-refractivity contribution is 0.544. The highest BCUT2D eigenvalue weighted by molar-refractivity contribution is 6.31. The molecule has 0 aliphatic carbocycles. The quantitative estimate of drug-likeness (QED) is 0.660. The van der Waals surface area contributed by atoms with Gasteiger partial charge in [0.05, 0.1) is 11.1 Å². The topological polar surface area (TPSA) is 50.9 Å². The van der Waals surface area contributed by atoms with E-state index in [0.29, 0.717) is 11.4 Å². The van der Waals surface area contributed by atoms with Crippen LogP contribution in [0.1, 0.15) is 17.2 Å². The van der Waals surface area contributed by atoms with Gasteiger partial charge in [0.15, 0.2) is 0 Å². The second-order valence-electron chi connectivity index (χ2n) is 3.95. The minimum absolute atomic E-state index is 0.194. The van der Waals surface area contributed by atoms with Crippen LogP contribution in [0.4, 0.5) is 4.39 Å². The van der Waals surface area contributed by atoms with E-state index < -0.39 is 0 Å². The SMILES string of the molecule is NNC(Cc1ccncc1Cl)c1cccc(F)c1. The summed E-state index contributed by atoms with van der Waals surface area (Å²) in [6.45, 7) is 0. The third-order valence-corrected chi connectivity index (χ3v) is 3.07. The summed E-state index contributed by atoms with van der Waals surface area (Å²) in [5.41, 5.74) is 4.37. The molecule has 1 atom stereocenters. The van der Waals surface area contributed by atoms with E-state index in [9.17, 15) is 4.39 Å². The number of benzene rings is 1. The van der Waals surface area contributed by atoms with Gasteiger partial charge in [-0.05, 0) is 35.7 Å². The van der Waals surface area contributed by atoms with E-state index in [1.165, 1.54) is 12.1 Å². The highest BCUT2D eigenvalue weighted by Crippen LogP contribution is 2.22. The van der Waals surface area contributed by atoms with Crippen molar-refractivity contribution in [3.05, 3.63) is 64.7 Å². The van der Waals surface area contributed by atoms with Crippen LogP contribution in [-0.2, 0) is 6.42 Å². The van der Waals surface area contributed by atoms with Crippen LogP contribution in [0.2, 0.25) is 5.02 Å². The summed E-state index contributed by atoms with van der Waals surface area (Å²) in [4.78, 5) is 3.92. The lowest BCUT2D eigenvalue weighted by Gasteiger charge is -2.17. The molecule has 5 heteroatoms. The molecule has 3 N–H and O–H groups in total. The van der Waals surface area contributed by atoms with Crippen molar-refractivity contribution >= 4 is 11.6 Å². The van der Waals surface area contributed by atoms with Crippen molar-refractivity contribution in [2.24, 2.45) is 5.84 Å². The van der Waals surface area contributed by atoms with E-state index in [2.05, 4.69) is 10.4 Å². The van der Waals surface area contributed by atoms with Gasteiger partial charge in [-0.25, -0.2) is 4.39 Å². The molecule has 0 bridgehead atoms. The largest absolute Gasteiger partial charge is 0.271 e. The van der Waals surface area contributed by atoms with Gasteiger partial charge in [0.25, 0.3) is 0 Å². The molecule has 0 radical (unpaired) electrons. The third kappa shape index (κ3) is 3.04. The van der Waals surface area contributed by atoms with Crippen molar-refractivity contribution in [2.75, 3.05) is 0 Å². The molecule has 94 valence electrons. The van der Waals surface area contributed by atoms with Gasteiger partial charge in [-0.2, -0.15) is 0 Å². The molecule has 1 unspecified atom stereocenters. The Hall–Kier alpha value is -1.49. The monoisotopic (exact) mass is 265 g/mol. The first-order valence-corrected chi connectivity index (χ1v) is 5.88. The molecule has 0 saturated carbocycles. The zero-order valence-electron chi connectivity index (χ0n) is 9.61. The van der Waals surface area contributed by atoms with Crippen LogP contribution in [0.25, 0.3) is 0 Å². The molecule has 1 heterocycles. The molecular formula is C13H13ClFN3. The minimum atomic E-state index is -0.284. The van der Waals surface area contributed by atoms with Gasteiger partial charge in [0, 0.05) is 12.4 Å². The number of aromatic nitrogens is 1. The first kappa shape index (κ1) is 13.0. The summed E-state index contributed by atoms with van der Waals surface area (Å²) in [5.74, 6) is 5.24. The summed E-state index contributed by atoms with van der Waals surface area (Å²) in [5, 5.41) is 0.578. The number of nitrogens with one attached hydrogen (secondary N) is 1. The van der Waals surface area contributed by atoms with E-state index in [1.54, 1.807) is 18.5 Å². The normalized spacial score (nSPS) is 12.4. The maximum atomic E-state index is 13.2. The Bertz CT molecular complexity index is 533. The van der Waals surface area contributed by atoms with Crippen molar-refractivity contribution in [3.63, 3.8) is 0 Å². The predicted octanol–water partition coefficient (Wildman–Crippen LogP) is 2.62. The van der Waals surface area contributed by atoms with E-state index in [1.807, 2.05) is 12.1 Å². The summed E-state index contributed by atoms with van der Waals surface area (Å²) < 4.78 is 13.2. The standard InChI is InChI=1S/C13H13ClFN3/c14-12-8-17-5-4-9(12)7-13(18-16)10-2-1-3-11(15)6-10/h1-6,8,13,18H,7,16H2. The highest BCUT2D eigenvalue weighted by Gasteiger charge is 2.13. The molecular weight excluding hydrogens is 253 g/mol. The van der Waals surface area contributed by atoms with Crippen LogP contribution in [0.3, 0.4) is 0 Å². The Morgan fingerprint density at radius 2 is 2.22 bits per heavy atom. The number of nitrogens with two attached hydrogens (primary N) is 1. The summed E-state index contributed by atoms with van der Waals surface area (Å²) in [6.07, 6.45) is 3.82. The predicted molar refractivity (Wildman–Crippen MR) is 69.4 cm³/mol. The minimum Gasteiger partial charge on any atom is -0.271 e. The first-order chi connectivity index (χ1) is 8.70. The Morgan fingerprint density at radius 3 is 2.89 bits per heavy atom. The number of pyridine rings is 1. The maximum absolute atomic E-state index is 13.2. The molecule has 1 aromatic heterocycles. The number of hydrogen-bond acceptors (Lipinski definition) is 3. The number of hydrogen-bond donors (Lipinski definition) is 2. The Labute approximate surface area is 110 Å². The number of rotatable bonds is 4. The van der Waals surface area contributed by atoms with Crippen molar-refractivity contribution in [2.45, 2.75) is 12.5 Å². The van der Waals surface area contributed by atoms with Gasteiger partial charge >= 0.3 is 0 Å². The van der Waals surface area contributed by atoms with Crippen LogP contribution in [-0.4, -0.2) is 4.98 Å². The lowest BCUT2D eigenvalue weighted by Crippen LogP contribution is -2.29. The average Bonchev–Trinajstić information content (AvgIpc) is 2.38. The van der Waals surface area contributed by atoms with Gasteiger partial charge in [-0.3, -0.25) is 16.3 Å². The molecule has 0 fully saturated rings. The summed E-state index contributed by atoms with van der Waals surface area (Å²) >= 11 is 6.04. The zero-order chi connectivity index (χ0) is 13.0. The fraction of sp³-hybridized carbons (Fsp3) is 0.154. The molecule has 0 amide bonds. The number of nitrogens with zero attached hydrogens (tertiary/aromatic N) is 1. The van der Waals surface area contributed by atoms with Crippen LogP contribution in [0, 0.1) is 5.82 Å². The van der Waals surface area contributed by atoms with Crippen LogP contribution >= 0.6 is 11.6 Å². The van der Waals surface area contributed by atoms with E-state index >= 15 is 0 Å². The fourth-order valence-electron chi connectivity index (χ4n) is 1.79. The van der Waals surface area contributed by atoms with Crippen molar-refractivity contribution in [3.8, 4) is 0 Å². The van der Waals surface area contributed by atoms with Gasteiger partial charge in [0.2, 0.25) is 0 Å². The lowest BCUT2D eigenvalue weighted by atomic mass is 10.00. The molecule has 2 rings (SSSR count). The summed E-state index contributed by atoms with van der Waals surface area (Å²) in [6, 6.07) is 7.97. The van der Waals surface area contributed by atoms with E-state index in [0.717, 1.165) is 11.1 Å². The van der Waals surface area contributed by atoms with Gasteiger partial charge in [-0.15, -0.1) is 0 Å². The Morgan fingerprint density at radius 1 is 1.39 bits per heavy atom. The third-order valence-electron chi connectivity index (χ3n) is 2.73. The van der Waals surface area contributed by atoms with E-state index in [-0.39, 0.29) is 11.9 Å². The smallest absolute Gasteiger partial charge is 0.123 e. The molecule has 0 spiro atoms. The first-order valence-electron chi connectivity index (χ1n) is 5.50. The van der Waals surface area contributed by atoms with Gasteiger partial charge < -0.3 is 0 Å². The molecule has 1 aromatic carbocycles. The van der Waals surface area contributed by atoms with Crippen molar-refractivity contribution < 1.29 is 4.39 Å². The van der Waals surface area contributed by atoms with Crippen LogP contribution < -0.4 is 11.3 Å². The Kier molecular flexibility index (Phi) is 4.25. The average molecular weight is 266 g/mol. The fourth-order valence-corrected chi connectivity index (χ4v) is 1.98. The molecule has 0 aliphatic heterocycles. The van der Waals surface area contributed by atoms with Gasteiger partial charge in [0.1, 0.15) is 5.82 Å². The number of halogens is 2. The second-order valence-corrected chi connectivity index (χ2v) is 4.35. The molecule has 0 aliphatic rings. The molecule has 0 saturated heterocycles. The van der Waals surface area contributed by atoms with Gasteiger partial charge in [-0.1, -0.05) is 23.7 Å². The molecule has 3 nitrogen and oxygen atoms in total. The molecule has 18 heavy (non-hydrogen) atoms. The van der Waals surface area contributed by atoms with Crippen molar-refractivity contribution in [1.82, 2.24) is 10.4 Å². The van der Waals surface area contributed by atoms with Crippen LogP contribution in [0.5, 0.6) is 0 Å². The number of hydrazine groups is 1. The van der Waals surface area contributed by atoms with Crippen molar-refractivity contribution in [1.29, 1.82) is 0 Å². The highest BCUT2D eigenvalue weighted by atomic mass is 35.5. The Balaban J connectivity index is 2.23. The maximum Gasteiger partial charge on any atom is 0.123 e. The zero-order valence-corrected chi connectivity index (χ0v) is 10.4. The second kappa shape index (κ2) is 5.91.